The molecule has 18 heavy (non-hydrogen) atoms. The standard InChI is InChI=1S/C12H20N2O3S/c1-4-14(5-6-15)18(16,17)12-9(2)7-11(13)8-10(12)3/h7-8,15H,4-6,13H2,1-3H3. The molecule has 102 valence electrons. The maximum absolute atomic E-state index is 12.5. The zero-order valence-electron chi connectivity index (χ0n) is 11.0. The lowest BCUT2D eigenvalue weighted by Gasteiger charge is -2.22. The molecule has 0 amide bonds. The minimum absolute atomic E-state index is 0.0993. The van der Waals surface area contributed by atoms with Crippen LogP contribution in [0.5, 0.6) is 0 Å². The topological polar surface area (TPSA) is 83.6 Å². The quantitative estimate of drug-likeness (QED) is 0.780. The van der Waals surface area contributed by atoms with Crippen LogP contribution in [0, 0.1) is 13.8 Å². The molecule has 0 aliphatic carbocycles. The SMILES string of the molecule is CCN(CCO)S(=O)(=O)c1c(C)cc(N)cc1C. The Balaban J connectivity index is 3.36. The highest BCUT2D eigenvalue weighted by Gasteiger charge is 2.26. The van der Waals surface area contributed by atoms with Gasteiger partial charge in [-0.05, 0) is 37.1 Å². The van der Waals surface area contributed by atoms with E-state index in [4.69, 9.17) is 10.8 Å². The average Bonchev–Trinajstić information content (AvgIpc) is 2.23. The van der Waals surface area contributed by atoms with E-state index in [1.165, 1.54) is 4.31 Å². The number of hydrogen-bond donors (Lipinski definition) is 2. The Morgan fingerprint density at radius 1 is 1.28 bits per heavy atom. The van der Waals surface area contributed by atoms with Gasteiger partial charge in [0.25, 0.3) is 0 Å². The number of nitrogens with zero attached hydrogens (tertiary/aromatic N) is 1. The maximum Gasteiger partial charge on any atom is 0.243 e. The minimum Gasteiger partial charge on any atom is -0.399 e. The number of benzene rings is 1. The number of hydrogen-bond acceptors (Lipinski definition) is 4. The third-order valence-electron chi connectivity index (χ3n) is 2.78. The predicted molar refractivity (Wildman–Crippen MR) is 71.8 cm³/mol. The monoisotopic (exact) mass is 272 g/mol. The van der Waals surface area contributed by atoms with Gasteiger partial charge < -0.3 is 10.8 Å². The molecule has 3 N–H and O–H groups in total. The second-order valence-electron chi connectivity index (χ2n) is 4.20. The van der Waals surface area contributed by atoms with Crippen molar-refractivity contribution >= 4 is 15.7 Å². The van der Waals surface area contributed by atoms with Crippen LogP contribution in [0.1, 0.15) is 18.1 Å². The van der Waals surface area contributed by atoms with Crippen molar-refractivity contribution in [3.8, 4) is 0 Å². The van der Waals surface area contributed by atoms with Crippen LogP contribution in [0.15, 0.2) is 17.0 Å². The number of aliphatic hydroxyl groups is 1. The number of sulfonamides is 1. The van der Waals surface area contributed by atoms with Crippen molar-refractivity contribution in [3.63, 3.8) is 0 Å². The summed E-state index contributed by atoms with van der Waals surface area (Å²) in [6.07, 6.45) is 0. The highest BCUT2D eigenvalue weighted by molar-refractivity contribution is 7.89. The highest BCUT2D eigenvalue weighted by Crippen LogP contribution is 2.25. The Kier molecular flexibility index (Phi) is 4.72. The minimum atomic E-state index is -3.57. The Morgan fingerprint density at radius 3 is 2.17 bits per heavy atom. The van der Waals surface area contributed by atoms with Gasteiger partial charge in [0, 0.05) is 18.8 Å². The van der Waals surface area contributed by atoms with Crippen LogP contribution in [0.4, 0.5) is 5.69 Å². The fourth-order valence-electron chi connectivity index (χ4n) is 2.08. The van der Waals surface area contributed by atoms with Crippen molar-refractivity contribution in [2.75, 3.05) is 25.4 Å². The van der Waals surface area contributed by atoms with E-state index in [-0.39, 0.29) is 18.0 Å². The van der Waals surface area contributed by atoms with Crippen molar-refractivity contribution in [1.29, 1.82) is 0 Å². The molecule has 0 saturated carbocycles. The second kappa shape index (κ2) is 5.69. The summed E-state index contributed by atoms with van der Waals surface area (Å²) in [4.78, 5) is 0.284. The van der Waals surface area contributed by atoms with Crippen LogP contribution in [0.2, 0.25) is 0 Å². The first-order valence-corrected chi connectivity index (χ1v) is 7.26. The van der Waals surface area contributed by atoms with E-state index in [1.54, 1.807) is 32.9 Å². The molecule has 1 rings (SSSR count). The summed E-state index contributed by atoms with van der Waals surface area (Å²) in [6.45, 7) is 5.43. The van der Waals surface area contributed by atoms with Crippen molar-refractivity contribution in [3.05, 3.63) is 23.3 Å². The molecule has 0 fully saturated rings. The van der Waals surface area contributed by atoms with Crippen molar-refractivity contribution in [1.82, 2.24) is 4.31 Å². The molecule has 0 bridgehead atoms. The smallest absolute Gasteiger partial charge is 0.243 e. The number of nitrogen functional groups attached to an aromatic ring is 1. The number of aliphatic hydroxyl groups excluding tert-OH is 1. The van der Waals surface area contributed by atoms with Crippen LogP contribution in [0.25, 0.3) is 0 Å². The zero-order valence-corrected chi connectivity index (χ0v) is 11.8. The molecule has 1 aromatic rings. The van der Waals surface area contributed by atoms with Gasteiger partial charge in [0.05, 0.1) is 11.5 Å². The van der Waals surface area contributed by atoms with Crippen LogP contribution in [0.3, 0.4) is 0 Å². The first-order chi connectivity index (χ1) is 8.34. The number of rotatable bonds is 5. The summed E-state index contributed by atoms with van der Waals surface area (Å²) in [6, 6.07) is 3.29. The Labute approximate surface area is 108 Å². The van der Waals surface area contributed by atoms with Crippen molar-refractivity contribution in [2.45, 2.75) is 25.7 Å². The van der Waals surface area contributed by atoms with Gasteiger partial charge in [0.15, 0.2) is 0 Å². The van der Waals surface area contributed by atoms with E-state index in [9.17, 15) is 8.42 Å². The largest absolute Gasteiger partial charge is 0.399 e. The number of likely N-dealkylation sites (N-methyl/N-ethyl adjacent to an activating group) is 1. The van der Waals surface area contributed by atoms with E-state index >= 15 is 0 Å². The summed E-state index contributed by atoms with van der Waals surface area (Å²) < 4.78 is 26.2. The van der Waals surface area contributed by atoms with Gasteiger partial charge in [0.1, 0.15) is 0 Å². The van der Waals surface area contributed by atoms with E-state index in [0.717, 1.165) is 0 Å². The van der Waals surface area contributed by atoms with Gasteiger partial charge in [-0.2, -0.15) is 4.31 Å². The van der Waals surface area contributed by atoms with Crippen LogP contribution in [-0.2, 0) is 10.0 Å². The second-order valence-corrected chi connectivity index (χ2v) is 6.08. The predicted octanol–water partition coefficient (Wildman–Crippen LogP) is 0.889. The number of nitrogens with two attached hydrogens (primary N) is 1. The van der Waals surface area contributed by atoms with E-state index in [0.29, 0.717) is 23.4 Å². The maximum atomic E-state index is 12.5. The molecule has 0 radical (unpaired) electrons. The number of aryl methyl sites for hydroxylation is 2. The third-order valence-corrected chi connectivity index (χ3v) is 5.06. The van der Waals surface area contributed by atoms with Crippen LogP contribution in [-0.4, -0.2) is 37.5 Å². The lowest BCUT2D eigenvalue weighted by Crippen LogP contribution is -2.34. The number of anilines is 1. The fourth-order valence-corrected chi connectivity index (χ4v) is 3.93. The average molecular weight is 272 g/mol. The molecule has 0 aromatic heterocycles. The first-order valence-electron chi connectivity index (χ1n) is 5.82. The van der Waals surface area contributed by atoms with Gasteiger partial charge in [-0.3, -0.25) is 0 Å². The van der Waals surface area contributed by atoms with Crippen molar-refractivity contribution < 1.29 is 13.5 Å². The summed E-state index contributed by atoms with van der Waals surface area (Å²) in [5, 5.41) is 8.93. The van der Waals surface area contributed by atoms with Gasteiger partial charge in [-0.15, -0.1) is 0 Å². The van der Waals surface area contributed by atoms with Crippen LogP contribution < -0.4 is 5.73 Å². The Morgan fingerprint density at radius 2 is 1.78 bits per heavy atom. The normalized spacial score (nSPS) is 12.1. The molecule has 0 atom stereocenters. The first kappa shape index (κ1) is 14.9. The third kappa shape index (κ3) is 2.82. The van der Waals surface area contributed by atoms with E-state index < -0.39 is 10.0 Å². The molecule has 6 heteroatoms. The lowest BCUT2D eigenvalue weighted by atomic mass is 10.1. The summed E-state index contributed by atoms with van der Waals surface area (Å²) in [7, 11) is -3.57. The molecular formula is C12H20N2O3S. The molecule has 0 aliphatic rings. The molecule has 5 nitrogen and oxygen atoms in total. The molecule has 0 unspecified atom stereocenters. The molecule has 0 saturated heterocycles. The van der Waals surface area contributed by atoms with Crippen LogP contribution >= 0.6 is 0 Å². The lowest BCUT2D eigenvalue weighted by molar-refractivity contribution is 0.257. The van der Waals surface area contributed by atoms with Crippen molar-refractivity contribution in [2.24, 2.45) is 0 Å². The van der Waals surface area contributed by atoms with Gasteiger partial charge in [0.2, 0.25) is 10.0 Å². The highest BCUT2D eigenvalue weighted by atomic mass is 32.2. The summed E-state index contributed by atoms with van der Waals surface area (Å²) in [5.41, 5.74) is 7.50. The van der Waals surface area contributed by atoms with Gasteiger partial charge in [-0.1, -0.05) is 6.92 Å². The molecular weight excluding hydrogens is 252 g/mol. The zero-order chi connectivity index (χ0) is 13.9. The Bertz CT molecular complexity index is 503. The Hall–Kier alpha value is -1.11. The summed E-state index contributed by atoms with van der Waals surface area (Å²) in [5.74, 6) is 0. The molecule has 0 spiro atoms. The molecule has 0 aliphatic heterocycles. The molecule has 0 heterocycles. The van der Waals surface area contributed by atoms with E-state index in [1.807, 2.05) is 0 Å². The molecule has 1 aromatic carbocycles. The van der Waals surface area contributed by atoms with E-state index in [2.05, 4.69) is 0 Å². The van der Waals surface area contributed by atoms with Gasteiger partial charge in [-0.25, -0.2) is 8.42 Å². The fraction of sp³-hybridized carbons (Fsp3) is 0.500. The van der Waals surface area contributed by atoms with Gasteiger partial charge >= 0.3 is 0 Å². The summed E-state index contributed by atoms with van der Waals surface area (Å²) >= 11 is 0.